The van der Waals surface area contributed by atoms with Gasteiger partial charge in [0.1, 0.15) is 13.1 Å². The summed E-state index contributed by atoms with van der Waals surface area (Å²) in [6, 6.07) is 1.29. The van der Waals surface area contributed by atoms with Crippen molar-refractivity contribution in [2.45, 2.75) is 4.90 Å². The molecule has 0 radical (unpaired) electrons. The Hall–Kier alpha value is -1.45. The Balaban J connectivity index is 3.04. The van der Waals surface area contributed by atoms with E-state index in [4.69, 9.17) is 10.2 Å². The lowest BCUT2D eigenvalue weighted by Crippen LogP contribution is -2.39. The summed E-state index contributed by atoms with van der Waals surface area (Å²) >= 11 is 1.12. The van der Waals surface area contributed by atoms with Gasteiger partial charge in [-0.25, -0.2) is 8.42 Å². The summed E-state index contributed by atoms with van der Waals surface area (Å²) in [7, 11) is -4.07. The van der Waals surface area contributed by atoms with Crippen LogP contribution in [0.5, 0.6) is 0 Å². The largest absolute Gasteiger partial charge is 0.480 e. The van der Waals surface area contributed by atoms with Crippen molar-refractivity contribution in [2.75, 3.05) is 13.1 Å². The van der Waals surface area contributed by atoms with Crippen molar-refractivity contribution < 1.29 is 28.2 Å². The van der Waals surface area contributed by atoms with Crippen LogP contribution in [0.2, 0.25) is 0 Å². The SMILES string of the molecule is O=C(O)CN(CC(=O)O)S(=O)(=O)c1ccsc1. The minimum absolute atomic E-state index is 0.106. The molecule has 0 unspecified atom stereocenters. The minimum atomic E-state index is -4.07. The summed E-state index contributed by atoms with van der Waals surface area (Å²) in [6.45, 7) is -1.77. The van der Waals surface area contributed by atoms with Crippen LogP contribution in [-0.2, 0) is 19.6 Å². The summed E-state index contributed by atoms with van der Waals surface area (Å²) in [4.78, 5) is 20.9. The molecule has 9 heteroatoms. The molecule has 1 rings (SSSR count). The van der Waals surface area contributed by atoms with Crippen molar-refractivity contribution in [1.29, 1.82) is 0 Å². The second kappa shape index (κ2) is 5.25. The van der Waals surface area contributed by atoms with Crippen LogP contribution >= 0.6 is 11.3 Å². The van der Waals surface area contributed by atoms with E-state index in [0.717, 1.165) is 11.3 Å². The first-order valence-electron chi connectivity index (χ1n) is 4.30. The van der Waals surface area contributed by atoms with Gasteiger partial charge in [0.05, 0.1) is 4.90 Å². The fraction of sp³-hybridized carbons (Fsp3) is 0.250. The number of nitrogens with zero attached hydrogens (tertiary/aromatic N) is 1. The third-order valence-electron chi connectivity index (χ3n) is 1.76. The molecule has 0 amide bonds. The second-order valence-electron chi connectivity index (χ2n) is 3.02. The van der Waals surface area contributed by atoms with Gasteiger partial charge < -0.3 is 10.2 Å². The van der Waals surface area contributed by atoms with Crippen LogP contribution in [0.4, 0.5) is 0 Å². The molecule has 0 saturated heterocycles. The Bertz CT molecular complexity index is 490. The van der Waals surface area contributed by atoms with Crippen molar-refractivity contribution in [1.82, 2.24) is 4.31 Å². The van der Waals surface area contributed by atoms with Crippen LogP contribution in [0.25, 0.3) is 0 Å². The minimum Gasteiger partial charge on any atom is -0.480 e. The zero-order valence-electron chi connectivity index (χ0n) is 8.44. The van der Waals surface area contributed by atoms with Crippen molar-refractivity contribution >= 4 is 33.3 Å². The van der Waals surface area contributed by atoms with Gasteiger partial charge in [-0.05, 0) is 11.4 Å². The molecule has 0 aromatic carbocycles. The highest BCUT2D eigenvalue weighted by atomic mass is 32.2. The number of carboxylic acids is 2. The van der Waals surface area contributed by atoms with Gasteiger partial charge in [-0.1, -0.05) is 0 Å². The number of sulfonamides is 1. The molecular weight excluding hydrogens is 270 g/mol. The summed E-state index contributed by atoms with van der Waals surface area (Å²) in [5, 5.41) is 19.9. The summed E-state index contributed by atoms with van der Waals surface area (Å²) in [6.07, 6.45) is 0. The molecule has 1 aromatic heterocycles. The summed E-state index contributed by atoms with van der Waals surface area (Å²) in [5.74, 6) is -2.82. The van der Waals surface area contributed by atoms with Gasteiger partial charge in [0.15, 0.2) is 0 Å². The average Bonchev–Trinajstić information content (AvgIpc) is 2.68. The smallest absolute Gasteiger partial charge is 0.318 e. The van der Waals surface area contributed by atoms with Gasteiger partial charge in [0.2, 0.25) is 10.0 Å². The summed E-state index contributed by atoms with van der Waals surface area (Å²) in [5.41, 5.74) is 0. The number of carbonyl (C=O) groups is 2. The van der Waals surface area contributed by atoms with Crippen LogP contribution in [-0.4, -0.2) is 48.0 Å². The zero-order chi connectivity index (χ0) is 13.1. The predicted octanol–water partition coefficient (Wildman–Crippen LogP) is -0.0920. The van der Waals surface area contributed by atoms with E-state index in [-0.39, 0.29) is 4.90 Å². The number of aliphatic carboxylic acids is 2. The molecule has 0 atom stereocenters. The van der Waals surface area contributed by atoms with Gasteiger partial charge in [-0.2, -0.15) is 15.6 Å². The first kappa shape index (κ1) is 13.6. The monoisotopic (exact) mass is 279 g/mol. The molecular formula is C8H9NO6S2. The Kier molecular flexibility index (Phi) is 4.21. The maximum Gasteiger partial charge on any atom is 0.318 e. The predicted molar refractivity (Wildman–Crippen MR) is 58.3 cm³/mol. The molecule has 0 aliphatic heterocycles. The lowest BCUT2D eigenvalue weighted by molar-refractivity contribution is -0.139. The number of hydrogen-bond donors (Lipinski definition) is 2. The molecule has 0 aliphatic rings. The van der Waals surface area contributed by atoms with Crippen LogP contribution in [0.3, 0.4) is 0 Å². The highest BCUT2D eigenvalue weighted by Crippen LogP contribution is 2.18. The van der Waals surface area contributed by atoms with E-state index in [2.05, 4.69) is 0 Å². The van der Waals surface area contributed by atoms with E-state index in [9.17, 15) is 18.0 Å². The highest BCUT2D eigenvalue weighted by Gasteiger charge is 2.28. The zero-order valence-corrected chi connectivity index (χ0v) is 10.1. The van der Waals surface area contributed by atoms with Gasteiger partial charge in [-0.15, -0.1) is 0 Å². The van der Waals surface area contributed by atoms with Gasteiger partial charge >= 0.3 is 11.9 Å². The molecule has 1 aromatic rings. The lowest BCUT2D eigenvalue weighted by atomic mass is 10.6. The Labute approximate surface area is 101 Å². The topological polar surface area (TPSA) is 112 Å². The number of rotatable bonds is 6. The van der Waals surface area contributed by atoms with Gasteiger partial charge in [0.25, 0.3) is 0 Å². The molecule has 0 fully saturated rings. The van der Waals surface area contributed by atoms with Crippen LogP contribution in [0.15, 0.2) is 21.7 Å². The Morgan fingerprint density at radius 1 is 1.24 bits per heavy atom. The van der Waals surface area contributed by atoms with Crippen LogP contribution < -0.4 is 0 Å². The van der Waals surface area contributed by atoms with E-state index >= 15 is 0 Å². The number of carboxylic acid groups (broad SMARTS) is 2. The molecule has 7 nitrogen and oxygen atoms in total. The first-order valence-corrected chi connectivity index (χ1v) is 6.68. The van der Waals surface area contributed by atoms with Crippen LogP contribution in [0.1, 0.15) is 0 Å². The molecule has 0 spiro atoms. The molecule has 17 heavy (non-hydrogen) atoms. The first-order chi connectivity index (χ1) is 7.84. The Morgan fingerprint density at radius 2 is 1.76 bits per heavy atom. The highest BCUT2D eigenvalue weighted by molar-refractivity contribution is 7.89. The van der Waals surface area contributed by atoms with Gasteiger partial charge in [-0.3, -0.25) is 9.59 Å². The molecule has 0 aliphatic carbocycles. The van der Waals surface area contributed by atoms with E-state index in [1.54, 1.807) is 0 Å². The van der Waals surface area contributed by atoms with E-state index in [1.807, 2.05) is 0 Å². The van der Waals surface area contributed by atoms with Crippen molar-refractivity contribution in [3.63, 3.8) is 0 Å². The molecule has 0 saturated carbocycles. The van der Waals surface area contributed by atoms with Crippen LogP contribution in [0, 0.1) is 0 Å². The normalized spacial score (nSPS) is 11.6. The standard InChI is InChI=1S/C8H9NO6S2/c10-7(11)3-9(4-8(12)13)17(14,15)6-1-2-16-5-6/h1-2,5H,3-4H2,(H,10,11)(H,12,13). The summed E-state index contributed by atoms with van der Waals surface area (Å²) < 4.78 is 24.1. The van der Waals surface area contributed by atoms with E-state index < -0.39 is 35.1 Å². The second-order valence-corrected chi connectivity index (χ2v) is 5.74. The lowest BCUT2D eigenvalue weighted by Gasteiger charge is -2.17. The molecule has 0 bridgehead atoms. The maximum atomic E-state index is 11.9. The van der Waals surface area contributed by atoms with E-state index in [0.29, 0.717) is 4.31 Å². The number of thiophene rings is 1. The van der Waals surface area contributed by atoms with Gasteiger partial charge in [0, 0.05) is 5.38 Å². The Morgan fingerprint density at radius 3 is 2.12 bits per heavy atom. The van der Waals surface area contributed by atoms with Crippen molar-refractivity contribution in [3.05, 3.63) is 16.8 Å². The quantitative estimate of drug-likeness (QED) is 0.752. The molecule has 94 valence electrons. The van der Waals surface area contributed by atoms with E-state index in [1.165, 1.54) is 16.8 Å². The fourth-order valence-corrected chi connectivity index (χ4v) is 3.43. The maximum absolute atomic E-state index is 11.9. The molecule has 1 heterocycles. The molecule has 2 N–H and O–H groups in total. The number of hydrogen-bond acceptors (Lipinski definition) is 5. The fourth-order valence-electron chi connectivity index (χ4n) is 1.08. The van der Waals surface area contributed by atoms with Crippen molar-refractivity contribution in [3.8, 4) is 0 Å². The third-order valence-corrected chi connectivity index (χ3v) is 4.38. The third kappa shape index (κ3) is 3.51. The average molecular weight is 279 g/mol. The van der Waals surface area contributed by atoms with Crippen molar-refractivity contribution in [2.24, 2.45) is 0 Å².